The number of halogens is 1. The van der Waals surface area contributed by atoms with E-state index >= 15 is 0 Å². The van der Waals surface area contributed by atoms with Gasteiger partial charge in [-0.1, -0.05) is 48.0 Å². The van der Waals surface area contributed by atoms with Crippen molar-refractivity contribution >= 4 is 39.7 Å². The summed E-state index contributed by atoms with van der Waals surface area (Å²) >= 11 is 6.09. The molecule has 0 bridgehead atoms. The van der Waals surface area contributed by atoms with Crippen molar-refractivity contribution in [2.45, 2.75) is 0 Å². The van der Waals surface area contributed by atoms with Crippen molar-refractivity contribution in [2.24, 2.45) is 0 Å². The fourth-order valence-electron chi connectivity index (χ4n) is 2.70. The van der Waals surface area contributed by atoms with Crippen molar-refractivity contribution in [1.29, 1.82) is 0 Å². The molecule has 5 nitrogen and oxygen atoms in total. The highest BCUT2D eigenvalue weighted by molar-refractivity contribution is 6.32. The van der Waals surface area contributed by atoms with Crippen molar-refractivity contribution in [3.05, 3.63) is 59.6 Å². The molecule has 0 atom stereocenters. The molecule has 26 heavy (non-hydrogen) atoms. The van der Waals surface area contributed by atoms with Gasteiger partial charge in [-0.25, -0.2) is 0 Å². The molecule has 6 heteroatoms. The molecule has 1 amide bonds. The molecule has 3 rings (SSSR count). The second kappa shape index (κ2) is 7.97. The number of ether oxygens (including phenoxy) is 2. The van der Waals surface area contributed by atoms with Crippen LogP contribution in [0.1, 0.15) is 0 Å². The van der Waals surface area contributed by atoms with E-state index in [2.05, 4.69) is 10.6 Å². The average Bonchev–Trinajstić information content (AvgIpc) is 2.67. The molecule has 0 heterocycles. The Kier molecular flexibility index (Phi) is 5.49. The third kappa shape index (κ3) is 3.83. The van der Waals surface area contributed by atoms with Crippen LogP contribution in [0.2, 0.25) is 5.02 Å². The molecule has 0 saturated heterocycles. The highest BCUT2D eigenvalue weighted by Gasteiger charge is 2.11. The molecule has 0 spiro atoms. The van der Waals surface area contributed by atoms with E-state index in [1.165, 1.54) is 7.11 Å². The van der Waals surface area contributed by atoms with Crippen LogP contribution in [-0.2, 0) is 4.79 Å². The van der Waals surface area contributed by atoms with Crippen molar-refractivity contribution in [3.8, 4) is 11.5 Å². The smallest absolute Gasteiger partial charge is 0.243 e. The molecule has 3 aromatic carbocycles. The standard InChI is InChI=1S/C20H19ClN2O3/c1-25-18-11-17(19(26-2)10-15(18)21)22-12-20(24)23-16-9-5-7-13-6-3-4-8-14(13)16/h3-11,22H,12H2,1-2H3,(H,23,24). The van der Waals surface area contributed by atoms with Crippen molar-refractivity contribution < 1.29 is 14.3 Å². The Balaban J connectivity index is 1.73. The van der Waals surface area contributed by atoms with Crippen LogP contribution in [0, 0.1) is 0 Å². The first-order valence-corrected chi connectivity index (χ1v) is 8.43. The van der Waals surface area contributed by atoms with E-state index in [4.69, 9.17) is 21.1 Å². The van der Waals surface area contributed by atoms with Crippen LogP contribution in [0.4, 0.5) is 11.4 Å². The van der Waals surface area contributed by atoms with Gasteiger partial charge in [0.05, 0.1) is 31.5 Å². The number of methoxy groups -OCH3 is 2. The second-order valence-electron chi connectivity index (χ2n) is 5.62. The number of carbonyl (C=O) groups excluding carboxylic acids is 1. The van der Waals surface area contributed by atoms with Gasteiger partial charge in [0, 0.05) is 23.2 Å². The monoisotopic (exact) mass is 370 g/mol. The summed E-state index contributed by atoms with van der Waals surface area (Å²) in [4.78, 5) is 12.4. The molecular formula is C20H19ClN2O3. The summed E-state index contributed by atoms with van der Waals surface area (Å²) in [5, 5.41) is 8.50. The van der Waals surface area contributed by atoms with E-state index in [9.17, 15) is 4.79 Å². The predicted octanol–water partition coefficient (Wildman–Crippen LogP) is 4.56. The number of carbonyl (C=O) groups is 1. The maximum atomic E-state index is 12.4. The molecule has 0 saturated carbocycles. The van der Waals surface area contributed by atoms with Gasteiger partial charge in [0.2, 0.25) is 5.91 Å². The lowest BCUT2D eigenvalue weighted by Crippen LogP contribution is -2.22. The van der Waals surface area contributed by atoms with Crippen LogP contribution in [0.15, 0.2) is 54.6 Å². The summed E-state index contributed by atoms with van der Waals surface area (Å²) in [6, 6.07) is 17.0. The summed E-state index contributed by atoms with van der Waals surface area (Å²) in [6.07, 6.45) is 0. The molecule has 0 radical (unpaired) electrons. The predicted molar refractivity (Wildman–Crippen MR) is 106 cm³/mol. The summed E-state index contributed by atoms with van der Waals surface area (Å²) < 4.78 is 10.5. The molecule has 0 unspecified atom stereocenters. The van der Waals surface area contributed by atoms with Crippen LogP contribution in [0.25, 0.3) is 10.8 Å². The van der Waals surface area contributed by atoms with Crippen molar-refractivity contribution in [3.63, 3.8) is 0 Å². The Morgan fingerprint density at radius 1 is 0.962 bits per heavy atom. The Bertz CT molecular complexity index is 938. The van der Waals surface area contributed by atoms with Crippen molar-refractivity contribution in [2.75, 3.05) is 31.4 Å². The quantitative estimate of drug-likeness (QED) is 0.667. The van der Waals surface area contributed by atoms with Gasteiger partial charge in [-0.2, -0.15) is 0 Å². The number of benzene rings is 3. The maximum absolute atomic E-state index is 12.4. The summed E-state index contributed by atoms with van der Waals surface area (Å²) in [5.41, 5.74) is 1.40. The fraction of sp³-hybridized carbons (Fsp3) is 0.150. The normalized spacial score (nSPS) is 10.4. The van der Waals surface area contributed by atoms with E-state index in [0.717, 1.165) is 16.5 Å². The van der Waals surface area contributed by atoms with Gasteiger partial charge in [0.1, 0.15) is 11.5 Å². The van der Waals surface area contributed by atoms with Gasteiger partial charge in [-0.15, -0.1) is 0 Å². The second-order valence-corrected chi connectivity index (χ2v) is 6.02. The SMILES string of the molecule is COc1cc(NCC(=O)Nc2cccc3ccccc23)c(OC)cc1Cl. The summed E-state index contributed by atoms with van der Waals surface area (Å²) in [6.45, 7) is 0.0738. The minimum absolute atomic E-state index is 0.0738. The third-order valence-corrected chi connectivity index (χ3v) is 4.27. The van der Waals surface area contributed by atoms with Gasteiger partial charge in [-0.05, 0) is 11.5 Å². The van der Waals surface area contributed by atoms with Gasteiger partial charge in [0.25, 0.3) is 0 Å². The van der Waals surface area contributed by atoms with Crippen LogP contribution in [-0.4, -0.2) is 26.7 Å². The molecule has 3 aromatic rings. The minimum Gasteiger partial charge on any atom is -0.495 e. The number of anilines is 2. The van der Waals surface area contributed by atoms with Crippen LogP contribution < -0.4 is 20.1 Å². The zero-order chi connectivity index (χ0) is 18.5. The number of amides is 1. The number of nitrogens with one attached hydrogen (secondary N) is 2. The third-order valence-electron chi connectivity index (χ3n) is 3.98. The lowest BCUT2D eigenvalue weighted by Gasteiger charge is -2.14. The number of rotatable bonds is 6. The molecular weight excluding hydrogens is 352 g/mol. The lowest BCUT2D eigenvalue weighted by atomic mass is 10.1. The van der Waals surface area contributed by atoms with Crippen LogP contribution in [0.3, 0.4) is 0 Å². The lowest BCUT2D eigenvalue weighted by molar-refractivity contribution is -0.114. The van der Waals surface area contributed by atoms with E-state index < -0.39 is 0 Å². The Hall–Kier alpha value is -2.92. The van der Waals surface area contributed by atoms with E-state index in [-0.39, 0.29) is 12.5 Å². The van der Waals surface area contributed by atoms with Gasteiger partial charge in [-0.3, -0.25) is 4.79 Å². The highest BCUT2D eigenvalue weighted by Crippen LogP contribution is 2.35. The topological polar surface area (TPSA) is 59.6 Å². The molecule has 0 aliphatic carbocycles. The molecule has 0 aliphatic rings. The van der Waals surface area contributed by atoms with Crippen molar-refractivity contribution in [1.82, 2.24) is 0 Å². The zero-order valence-corrected chi connectivity index (χ0v) is 15.3. The molecule has 2 N–H and O–H groups in total. The number of fused-ring (bicyclic) bond motifs is 1. The first kappa shape index (κ1) is 17.9. The van der Waals surface area contributed by atoms with Gasteiger partial charge in [0.15, 0.2) is 0 Å². The first-order chi connectivity index (χ1) is 12.6. The molecule has 0 aromatic heterocycles. The molecule has 0 aliphatic heterocycles. The van der Waals surface area contributed by atoms with Gasteiger partial charge < -0.3 is 20.1 Å². The summed E-state index contributed by atoms with van der Waals surface area (Å²) in [5.74, 6) is 0.871. The number of hydrogen-bond donors (Lipinski definition) is 2. The molecule has 134 valence electrons. The first-order valence-electron chi connectivity index (χ1n) is 8.05. The van der Waals surface area contributed by atoms with Gasteiger partial charge >= 0.3 is 0 Å². The highest BCUT2D eigenvalue weighted by atomic mass is 35.5. The fourth-order valence-corrected chi connectivity index (χ4v) is 2.93. The maximum Gasteiger partial charge on any atom is 0.243 e. The van der Waals surface area contributed by atoms with E-state index in [1.807, 2.05) is 42.5 Å². The Morgan fingerprint density at radius 3 is 2.46 bits per heavy atom. The number of hydrogen-bond acceptors (Lipinski definition) is 4. The summed E-state index contributed by atoms with van der Waals surface area (Å²) in [7, 11) is 3.07. The van der Waals surface area contributed by atoms with Crippen LogP contribution in [0.5, 0.6) is 11.5 Å². The Labute approximate surface area is 156 Å². The largest absolute Gasteiger partial charge is 0.495 e. The van der Waals surface area contributed by atoms with E-state index in [0.29, 0.717) is 22.2 Å². The zero-order valence-electron chi connectivity index (χ0n) is 14.5. The van der Waals surface area contributed by atoms with E-state index in [1.54, 1.807) is 19.2 Å². The molecule has 0 fully saturated rings. The van der Waals surface area contributed by atoms with Crippen LogP contribution >= 0.6 is 11.6 Å². The Morgan fingerprint density at radius 2 is 1.69 bits per heavy atom. The average molecular weight is 371 g/mol. The minimum atomic E-state index is -0.169.